The third-order valence-electron chi connectivity index (χ3n) is 3.85. The molecule has 126 valence electrons. The normalized spacial score (nSPS) is 25.6. The smallest absolute Gasteiger partial charge is 0.406 e. The Morgan fingerprint density at radius 3 is 2.91 bits per heavy atom. The van der Waals surface area contributed by atoms with Crippen LogP contribution < -0.4 is 10.1 Å². The van der Waals surface area contributed by atoms with Gasteiger partial charge in [-0.05, 0) is 17.7 Å². The van der Waals surface area contributed by atoms with Gasteiger partial charge >= 0.3 is 6.36 Å². The first kappa shape index (κ1) is 16.1. The van der Waals surface area contributed by atoms with E-state index in [2.05, 4.69) is 15.0 Å². The molecule has 0 aromatic heterocycles. The van der Waals surface area contributed by atoms with Gasteiger partial charge in [-0.1, -0.05) is 12.1 Å². The Balaban J connectivity index is 1.69. The number of benzene rings is 1. The maximum absolute atomic E-state index is 12.3. The van der Waals surface area contributed by atoms with Gasteiger partial charge in [0.2, 0.25) is 5.91 Å². The molecule has 2 bridgehead atoms. The summed E-state index contributed by atoms with van der Waals surface area (Å²) in [4.78, 5) is 14.0. The molecule has 3 rings (SSSR count). The molecule has 0 radical (unpaired) electrons. The van der Waals surface area contributed by atoms with Crippen LogP contribution in [-0.4, -0.2) is 49.5 Å². The highest BCUT2D eigenvalue weighted by Gasteiger charge is 2.33. The molecule has 0 saturated carbocycles. The van der Waals surface area contributed by atoms with Crippen molar-refractivity contribution in [1.82, 2.24) is 10.2 Å². The lowest BCUT2D eigenvalue weighted by molar-refractivity contribution is -0.274. The summed E-state index contributed by atoms with van der Waals surface area (Å²) in [5, 5.41) is 2.92. The van der Waals surface area contributed by atoms with Gasteiger partial charge in [0.25, 0.3) is 0 Å². The maximum atomic E-state index is 12.3. The van der Waals surface area contributed by atoms with Crippen molar-refractivity contribution in [1.29, 1.82) is 0 Å². The van der Waals surface area contributed by atoms with Crippen molar-refractivity contribution in [3.63, 3.8) is 0 Å². The predicted molar refractivity (Wildman–Crippen MR) is 74.6 cm³/mol. The first-order valence-electron chi connectivity index (χ1n) is 7.34. The summed E-state index contributed by atoms with van der Waals surface area (Å²) < 4.78 is 46.3. The fraction of sp³-hybridized carbons (Fsp3) is 0.533. The number of nitrogens with one attached hydrogen (secondary N) is 1. The van der Waals surface area contributed by atoms with E-state index >= 15 is 0 Å². The van der Waals surface area contributed by atoms with Gasteiger partial charge in [0, 0.05) is 19.6 Å². The summed E-state index contributed by atoms with van der Waals surface area (Å²) >= 11 is 0. The van der Waals surface area contributed by atoms with Crippen LogP contribution in [0.1, 0.15) is 5.56 Å². The zero-order valence-electron chi connectivity index (χ0n) is 12.3. The second-order valence-electron chi connectivity index (χ2n) is 5.83. The molecule has 2 heterocycles. The van der Waals surface area contributed by atoms with Crippen molar-refractivity contribution in [3.8, 4) is 5.75 Å². The molecule has 0 spiro atoms. The third kappa shape index (κ3) is 4.35. The van der Waals surface area contributed by atoms with Gasteiger partial charge in [-0.15, -0.1) is 13.2 Å². The monoisotopic (exact) mass is 330 g/mol. The second-order valence-corrected chi connectivity index (χ2v) is 5.83. The van der Waals surface area contributed by atoms with E-state index in [-0.39, 0.29) is 23.6 Å². The molecule has 1 amide bonds. The number of rotatable bonds is 3. The van der Waals surface area contributed by atoms with Crippen LogP contribution in [0.5, 0.6) is 5.75 Å². The molecule has 0 unspecified atom stereocenters. The molecular formula is C15H17F3N2O3. The van der Waals surface area contributed by atoms with Gasteiger partial charge in [0.1, 0.15) is 5.75 Å². The van der Waals surface area contributed by atoms with Gasteiger partial charge < -0.3 is 14.8 Å². The van der Waals surface area contributed by atoms with Gasteiger partial charge in [-0.2, -0.15) is 0 Å². The van der Waals surface area contributed by atoms with E-state index in [0.29, 0.717) is 38.4 Å². The Hall–Kier alpha value is -1.80. The number of hydrogen-bond donors (Lipinski definition) is 1. The number of hydrogen-bond acceptors (Lipinski definition) is 4. The molecular weight excluding hydrogens is 313 g/mol. The number of amides is 1. The fourth-order valence-electron chi connectivity index (χ4n) is 2.95. The minimum absolute atomic E-state index is 0.0239. The van der Waals surface area contributed by atoms with Crippen molar-refractivity contribution >= 4 is 5.91 Å². The van der Waals surface area contributed by atoms with Gasteiger partial charge in [0.05, 0.1) is 25.2 Å². The van der Waals surface area contributed by atoms with Crippen LogP contribution in [0, 0.1) is 5.92 Å². The van der Waals surface area contributed by atoms with Gasteiger partial charge in [0.15, 0.2) is 0 Å². The lowest BCUT2D eigenvalue weighted by Gasteiger charge is -2.27. The summed E-state index contributed by atoms with van der Waals surface area (Å²) in [6.07, 6.45) is -4.70. The van der Waals surface area contributed by atoms with E-state index in [1.165, 1.54) is 18.2 Å². The topological polar surface area (TPSA) is 50.8 Å². The molecule has 2 saturated heterocycles. The summed E-state index contributed by atoms with van der Waals surface area (Å²) in [5.41, 5.74) is 0.708. The Morgan fingerprint density at radius 1 is 1.30 bits per heavy atom. The number of halogens is 3. The zero-order chi connectivity index (χ0) is 16.4. The minimum Gasteiger partial charge on any atom is -0.406 e. The molecule has 1 aromatic carbocycles. The van der Waals surface area contributed by atoms with E-state index in [1.807, 2.05) is 0 Å². The number of carbonyl (C=O) groups excluding carboxylic acids is 1. The van der Waals surface area contributed by atoms with Crippen LogP contribution in [0.4, 0.5) is 13.2 Å². The summed E-state index contributed by atoms with van der Waals surface area (Å²) in [6, 6.07) is 5.83. The molecule has 2 fully saturated rings. The SMILES string of the molecule is O=C1N[C@@H]2COC[C@H]1CN(Cc1cccc(OC(F)(F)F)c1)C2. The first-order valence-corrected chi connectivity index (χ1v) is 7.34. The molecule has 5 nitrogen and oxygen atoms in total. The molecule has 1 aromatic rings. The Kier molecular flexibility index (Phi) is 4.45. The van der Waals surface area contributed by atoms with E-state index in [9.17, 15) is 18.0 Å². The molecule has 2 aliphatic rings. The second kappa shape index (κ2) is 6.37. The lowest BCUT2D eigenvalue weighted by atomic mass is 10.1. The Morgan fingerprint density at radius 2 is 2.13 bits per heavy atom. The highest BCUT2D eigenvalue weighted by Crippen LogP contribution is 2.24. The van der Waals surface area contributed by atoms with E-state index in [4.69, 9.17) is 4.74 Å². The molecule has 0 aliphatic carbocycles. The number of ether oxygens (including phenoxy) is 2. The van der Waals surface area contributed by atoms with Crippen LogP contribution in [0.15, 0.2) is 24.3 Å². The van der Waals surface area contributed by atoms with Crippen LogP contribution >= 0.6 is 0 Å². The summed E-state index contributed by atoms with van der Waals surface area (Å²) in [5.74, 6) is -0.510. The van der Waals surface area contributed by atoms with E-state index in [0.717, 1.165) is 0 Å². The molecule has 1 N–H and O–H groups in total. The number of nitrogens with zero attached hydrogens (tertiary/aromatic N) is 1. The zero-order valence-corrected chi connectivity index (χ0v) is 12.3. The van der Waals surface area contributed by atoms with Crippen LogP contribution in [0.25, 0.3) is 0 Å². The van der Waals surface area contributed by atoms with Gasteiger partial charge in [-0.25, -0.2) is 0 Å². The number of fused-ring (bicyclic) bond motifs is 3. The van der Waals surface area contributed by atoms with Crippen molar-refractivity contribution in [3.05, 3.63) is 29.8 Å². The fourth-order valence-corrected chi connectivity index (χ4v) is 2.95. The van der Waals surface area contributed by atoms with E-state index < -0.39 is 6.36 Å². The van der Waals surface area contributed by atoms with Crippen molar-refractivity contribution in [2.75, 3.05) is 26.3 Å². The van der Waals surface area contributed by atoms with E-state index in [1.54, 1.807) is 6.07 Å². The first-order chi connectivity index (χ1) is 10.9. The van der Waals surface area contributed by atoms with Crippen molar-refractivity contribution in [2.45, 2.75) is 18.9 Å². The highest BCUT2D eigenvalue weighted by molar-refractivity contribution is 5.79. The quantitative estimate of drug-likeness (QED) is 0.913. The minimum atomic E-state index is -4.70. The molecule has 2 aliphatic heterocycles. The highest BCUT2D eigenvalue weighted by atomic mass is 19.4. The lowest BCUT2D eigenvalue weighted by Crippen LogP contribution is -2.41. The Bertz CT molecular complexity index is 579. The molecule has 8 heteroatoms. The summed E-state index contributed by atoms with van der Waals surface area (Å²) in [6.45, 7) is 2.41. The van der Waals surface area contributed by atoms with Crippen LogP contribution in [0.2, 0.25) is 0 Å². The molecule has 2 atom stereocenters. The predicted octanol–water partition coefficient (Wildman–Crippen LogP) is 1.53. The average Bonchev–Trinajstić information content (AvgIpc) is 2.66. The van der Waals surface area contributed by atoms with Gasteiger partial charge in [-0.3, -0.25) is 9.69 Å². The average molecular weight is 330 g/mol. The maximum Gasteiger partial charge on any atom is 0.573 e. The molecule has 23 heavy (non-hydrogen) atoms. The number of carbonyl (C=O) groups is 1. The van der Waals surface area contributed by atoms with Crippen molar-refractivity contribution < 1.29 is 27.4 Å². The number of alkyl halides is 3. The largest absolute Gasteiger partial charge is 0.573 e. The van der Waals surface area contributed by atoms with Crippen molar-refractivity contribution in [2.24, 2.45) is 5.92 Å². The standard InChI is InChI=1S/C15H17F3N2O3/c16-15(17,18)23-13-3-1-2-10(4-13)5-20-6-11-8-22-9-12(7-20)19-14(11)21/h1-4,11-12H,5-9H2,(H,19,21)/t11-,12+/m1/s1. The summed E-state index contributed by atoms with van der Waals surface area (Å²) in [7, 11) is 0. The van der Waals surface area contributed by atoms with Crippen LogP contribution in [-0.2, 0) is 16.1 Å². The third-order valence-corrected chi connectivity index (χ3v) is 3.85. The van der Waals surface area contributed by atoms with Crippen LogP contribution in [0.3, 0.4) is 0 Å². The Labute approximate surface area is 131 Å².